The van der Waals surface area contributed by atoms with Crippen molar-refractivity contribution < 1.29 is 19.0 Å². The number of methoxy groups -OCH3 is 2. The highest BCUT2D eigenvalue weighted by Crippen LogP contribution is 2.28. The minimum Gasteiger partial charge on any atom is -0.496 e. The fourth-order valence-electron chi connectivity index (χ4n) is 1.88. The maximum absolute atomic E-state index is 11.5. The van der Waals surface area contributed by atoms with E-state index < -0.39 is 0 Å². The van der Waals surface area contributed by atoms with Crippen LogP contribution >= 0.6 is 11.8 Å². The van der Waals surface area contributed by atoms with Gasteiger partial charge < -0.3 is 14.2 Å². The van der Waals surface area contributed by atoms with Gasteiger partial charge in [-0.15, -0.1) is 11.8 Å². The molecule has 5 heteroatoms. The minimum atomic E-state index is -0.367. The lowest BCUT2D eigenvalue weighted by Gasteiger charge is -2.09. The number of carbonyl (C=O) groups is 1. The predicted octanol–water partition coefficient (Wildman–Crippen LogP) is 3.65. The number of para-hydroxylation sites is 1. The third-order valence-corrected chi connectivity index (χ3v) is 3.95. The molecule has 0 atom stereocenters. The molecule has 0 fully saturated rings. The molecule has 0 aromatic heterocycles. The molecule has 116 valence electrons. The number of hydrogen-bond acceptors (Lipinski definition) is 5. The number of ether oxygens (including phenoxy) is 3. The molecule has 0 N–H and O–H groups in total. The van der Waals surface area contributed by atoms with E-state index in [1.54, 1.807) is 37.1 Å². The Kier molecular flexibility index (Phi) is 6.15. The Hall–Kier alpha value is -2.14. The van der Waals surface area contributed by atoms with Crippen LogP contribution in [0.1, 0.15) is 10.4 Å². The van der Waals surface area contributed by atoms with E-state index in [0.717, 1.165) is 16.4 Å². The number of thioether (sulfide) groups is 1. The molecule has 0 aliphatic carbocycles. The van der Waals surface area contributed by atoms with Gasteiger partial charge in [-0.1, -0.05) is 18.2 Å². The van der Waals surface area contributed by atoms with Crippen molar-refractivity contribution in [3.63, 3.8) is 0 Å². The number of rotatable bonds is 7. The molecule has 0 aliphatic rings. The Morgan fingerprint density at radius 2 is 1.91 bits per heavy atom. The summed E-state index contributed by atoms with van der Waals surface area (Å²) in [6.45, 7) is 0.535. The second kappa shape index (κ2) is 8.34. The molecular formula is C17H18O4S. The minimum absolute atomic E-state index is 0.367. The first kappa shape index (κ1) is 16.2. The van der Waals surface area contributed by atoms with Gasteiger partial charge in [0.05, 0.1) is 26.4 Å². The van der Waals surface area contributed by atoms with Gasteiger partial charge in [0.1, 0.15) is 11.5 Å². The molecule has 0 heterocycles. The van der Waals surface area contributed by atoms with Gasteiger partial charge in [0, 0.05) is 10.6 Å². The van der Waals surface area contributed by atoms with Crippen LogP contribution in [-0.4, -0.2) is 32.5 Å². The van der Waals surface area contributed by atoms with Crippen molar-refractivity contribution in [2.75, 3.05) is 26.6 Å². The molecule has 2 aromatic carbocycles. The third kappa shape index (κ3) is 4.43. The zero-order chi connectivity index (χ0) is 15.8. The summed E-state index contributed by atoms with van der Waals surface area (Å²) in [4.78, 5) is 12.5. The monoisotopic (exact) mass is 318 g/mol. The van der Waals surface area contributed by atoms with Crippen LogP contribution in [0.15, 0.2) is 53.4 Å². The van der Waals surface area contributed by atoms with Crippen LogP contribution in [0.3, 0.4) is 0 Å². The highest BCUT2D eigenvalue weighted by atomic mass is 32.2. The Morgan fingerprint density at radius 3 is 2.68 bits per heavy atom. The molecule has 0 unspecified atom stereocenters. The van der Waals surface area contributed by atoms with Gasteiger partial charge in [-0.25, -0.2) is 4.79 Å². The maximum atomic E-state index is 11.5. The molecule has 22 heavy (non-hydrogen) atoms. The summed E-state index contributed by atoms with van der Waals surface area (Å²) in [5, 5.41) is 0. The number of hydrogen-bond donors (Lipinski definition) is 0. The molecule has 0 bridgehead atoms. The van der Waals surface area contributed by atoms with Crippen LogP contribution in [0.5, 0.6) is 11.5 Å². The van der Waals surface area contributed by atoms with Gasteiger partial charge >= 0.3 is 5.97 Å². The van der Waals surface area contributed by atoms with Crippen molar-refractivity contribution in [3.05, 3.63) is 54.1 Å². The number of esters is 1. The van der Waals surface area contributed by atoms with Gasteiger partial charge in [0.25, 0.3) is 0 Å². The van der Waals surface area contributed by atoms with Crippen molar-refractivity contribution in [3.8, 4) is 11.5 Å². The molecule has 2 rings (SSSR count). The van der Waals surface area contributed by atoms with Crippen molar-refractivity contribution in [2.45, 2.75) is 4.90 Å². The van der Waals surface area contributed by atoms with Gasteiger partial charge in [0.2, 0.25) is 0 Å². The summed E-state index contributed by atoms with van der Waals surface area (Å²) in [5.41, 5.74) is 0.484. The number of benzene rings is 2. The van der Waals surface area contributed by atoms with Crippen molar-refractivity contribution in [1.82, 2.24) is 0 Å². The molecular weight excluding hydrogens is 300 g/mol. The summed E-state index contributed by atoms with van der Waals surface area (Å²) in [6, 6.07) is 14.8. The Labute approximate surface area is 134 Å². The fourth-order valence-corrected chi connectivity index (χ4v) is 2.73. The number of carbonyl (C=O) groups excluding carboxylic acids is 1. The fraction of sp³-hybridized carbons (Fsp3) is 0.235. The summed E-state index contributed by atoms with van der Waals surface area (Å²) < 4.78 is 15.7. The quantitative estimate of drug-likeness (QED) is 0.443. The largest absolute Gasteiger partial charge is 0.496 e. The van der Waals surface area contributed by atoms with Crippen molar-refractivity contribution in [2.24, 2.45) is 0 Å². The Morgan fingerprint density at radius 1 is 1.09 bits per heavy atom. The van der Waals surface area contributed by atoms with E-state index in [0.29, 0.717) is 17.9 Å². The van der Waals surface area contributed by atoms with E-state index in [9.17, 15) is 4.79 Å². The molecule has 0 aliphatic heterocycles. The average Bonchev–Trinajstić information content (AvgIpc) is 2.58. The van der Waals surface area contributed by atoms with Crippen LogP contribution in [0.2, 0.25) is 0 Å². The van der Waals surface area contributed by atoms with Crippen LogP contribution in [0, 0.1) is 0 Å². The van der Waals surface area contributed by atoms with Crippen molar-refractivity contribution >= 4 is 17.7 Å². The van der Waals surface area contributed by atoms with Crippen LogP contribution < -0.4 is 9.47 Å². The predicted molar refractivity (Wildman–Crippen MR) is 87.0 cm³/mol. The lowest BCUT2D eigenvalue weighted by molar-refractivity contribution is 0.0600. The maximum Gasteiger partial charge on any atom is 0.337 e. The first-order valence-electron chi connectivity index (χ1n) is 6.81. The zero-order valence-electron chi connectivity index (χ0n) is 12.6. The highest BCUT2D eigenvalue weighted by molar-refractivity contribution is 7.99. The second-order valence-corrected chi connectivity index (χ2v) is 5.50. The Bertz CT molecular complexity index is 628. The first-order chi connectivity index (χ1) is 10.7. The smallest absolute Gasteiger partial charge is 0.337 e. The molecule has 2 aromatic rings. The molecule has 0 saturated carbocycles. The van der Waals surface area contributed by atoms with Gasteiger partial charge in [-0.2, -0.15) is 0 Å². The van der Waals surface area contributed by atoms with E-state index >= 15 is 0 Å². The van der Waals surface area contributed by atoms with Gasteiger partial charge in [-0.05, 0) is 30.3 Å². The highest BCUT2D eigenvalue weighted by Gasteiger charge is 2.06. The molecule has 0 amide bonds. The lowest BCUT2D eigenvalue weighted by Crippen LogP contribution is -2.04. The van der Waals surface area contributed by atoms with E-state index in [1.807, 2.05) is 30.3 Å². The summed E-state index contributed by atoms with van der Waals surface area (Å²) in [5.74, 6) is 1.93. The zero-order valence-corrected chi connectivity index (χ0v) is 13.4. The lowest BCUT2D eigenvalue weighted by atomic mass is 10.2. The normalized spacial score (nSPS) is 10.1. The SMILES string of the molecule is COC(=O)c1cccc(OCCSc2ccccc2OC)c1. The van der Waals surface area contributed by atoms with Crippen LogP contribution in [0.4, 0.5) is 0 Å². The average molecular weight is 318 g/mol. The molecule has 0 spiro atoms. The summed E-state index contributed by atoms with van der Waals surface area (Å²) in [6.07, 6.45) is 0. The second-order valence-electron chi connectivity index (χ2n) is 4.37. The van der Waals surface area contributed by atoms with E-state index in [2.05, 4.69) is 4.74 Å². The van der Waals surface area contributed by atoms with Crippen LogP contribution in [0.25, 0.3) is 0 Å². The van der Waals surface area contributed by atoms with Crippen molar-refractivity contribution in [1.29, 1.82) is 0 Å². The van der Waals surface area contributed by atoms with E-state index in [1.165, 1.54) is 7.11 Å². The Balaban J connectivity index is 1.85. The van der Waals surface area contributed by atoms with Gasteiger partial charge in [0.15, 0.2) is 0 Å². The summed E-state index contributed by atoms with van der Waals surface area (Å²) in [7, 11) is 3.02. The van der Waals surface area contributed by atoms with E-state index in [4.69, 9.17) is 9.47 Å². The molecule has 4 nitrogen and oxygen atoms in total. The first-order valence-corrected chi connectivity index (χ1v) is 7.80. The topological polar surface area (TPSA) is 44.8 Å². The third-order valence-electron chi connectivity index (χ3n) is 2.93. The van der Waals surface area contributed by atoms with Crippen LogP contribution in [-0.2, 0) is 4.74 Å². The molecule has 0 saturated heterocycles. The summed E-state index contributed by atoms with van der Waals surface area (Å²) >= 11 is 1.66. The molecule has 0 radical (unpaired) electrons. The standard InChI is InChI=1S/C17H18O4S/c1-19-15-8-3-4-9-16(15)22-11-10-21-14-7-5-6-13(12-14)17(18)20-2/h3-9,12H,10-11H2,1-2H3. The van der Waals surface area contributed by atoms with E-state index in [-0.39, 0.29) is 5.97 Å². The van der Waals surface area contributed by atoms with Gasteiger partial charge in [-0.3, -0.25) is 0 Å².